The van der Waals surface area contributed by atoms with Crippen LogP contribution in [0.4, 0.5) is 4.39 Å². The van der Waals surface area contributed by atoms with Crippen molar-refractivity contribution in [3.8, 4) is 0 Å². The summed E-state index contributed by atoms with van der Waals surface area (Å²) in [5.74, 6) is 1.64. The molecule has 0 amide bonds. The van der Waals surface area contributed by atoms with Gasteiger partial charge in [0.15, 0.2) is 11.8 Å². The Bertz CT molecular complexity index is 653. The van der Waals surface area contributed by atoms with Crippen LogP contribution in [-0.2, 0) is 13.0 Å². The second-order valence-electron chi connectivity index (χ2n) is 4.92. The van der Waals surface area contributed by atoms with Gasteiger partial charge in [0.1, 0.15) is 5.82 Å². The van der Waals surface area contributed by atoms with E-state index in [4.69, 9.17) is 4.52 Å². The van der Waals surface area contributed by atoms with Gasteiger partial charge < -0.3 is 15.2 Å². The molecule has 0 atom stereocenters. The number of guanidine groups is 1. The van der Waals surface area contributed by atoms with E-state index < -0.39 is 0 Å². The third-order valence-corrected chi connectivity index (χ3v) is 3.12. The summed E-state index contributed by atoms with van der Waals surface area (Å²) in [7, 11) is 1.68. The number of benzene rings is 1. The van der Waals surface area contributed by atoms with Crippen LogP contribution >= 0.6 is 0 Å². The standard InChI is InChI=1S/C15H20FN5O/c1-10-4-5-12(8-13(10)16)9-19-15(17-3)18-7-6-14-20-11(2)21-22-14/h4-5,8H,6-7,9H2,1-3H3,(H2,17,18,19). The van der Waals surface area contributed by atoms with E-state index in [0.29, 0.717) is 42.7 Å². The quantitative estimate of drug-likeness (QED) is 0.650. The molecule has 0 unspecified atom stereocenters. The number of nitrogens with one attached hydrogen (secondary N) is 2. The summed E-state index contributed by atoms with van der Waals surface area (Å²) in [6.07, 6.45) is 0.612. The van der Waals surface area contributed by atoms with Crippen LogP contribution in [0.15, 0.2) is 27.7 Å². The number of nitrogens with zero attached hydrogens (tertiary/aromatic N) is 3. The molecule has 22 heavy (non-hydrogen) atoms. The van der Waals surface area contributed by atoms with Gasteiger partial charge >= 0.3 is 0 Å². The fourth-order valence-corrected chi connectivity index (χ4v) is 1.88. The van der Waals surface area contributed by atoms with Gasteiger partial charge in [-0.3, -0.25) is 4.99 Å². The number of aromatic nitrogens is 2. The summed E-state index contributed by atoms with van der Waals surface area (Å²) in [4.78, 5) is 8.24. The van der Waals surface area contributed by atoms with Gasteiger partial charge in [-0.25, -0.2) is 4.39 Å². The summed E-state index contributed by atoms with van der Waals surface area (Å²) >= 11 is 0. The average molecular weight is 305 g/mol. The lowest BCUT2D eigenvalue weighted by molar-refractivity contribution is 0.374. The lowest BCUT2D eigenvalue weighted by atomic mass is 10.1. The number of hydrogen-bond acceptors (Lipinski definition) is 4. The molecule has 0 spiro atoms. The summed E-state index contributed by atoms with van der Waals surface area (Å²) in [5, 5.41) is 10.0. The molecular weight excluding hydrogens is 285 g/mol. The van der Waals surface area contributed by atoms with E-state index >= 15 is 0 Å². The number of aliphatic imine (C=N–C) groups is 1. The van der Waals surface area contributed by atoms with Crippen molar-refractivity contribution in [2.24, 2.45) is 4.99 Å². The molecule has 7 heteroatoms. The summed E-state index contributed by atoms with van der Waals surface area (Å²) < 4.78 is 18.5. The maximum Gasteiger partial charge on any atom is 0.228 e. The van der Waals surface area contributed by atoms with Crippen molar-refractivity contribution in [2.45, 2.75) is 26.8 Å². The molecular formula is C15H20FN5O. The molecule has 0 aliphatic carbocycles. The van der Waals surface area contributed by atoms with Gasteiger partial charge in [-0.2, -0.15) is 4.98 Å². The van der Waals surface area contributed by atoms with E-state index in [1.54, 1.807) is 27.0 Å². The van der Waals surface area contributed by atoms with Crippen LogP contribution in [0.25, 0.3) is 0 Å². The van der Waals surface area contributed by atoms with E-state index in [2.05, 4.69) is 25.8 Å². The molecule has 2 rings (SSSR count). The molecule has 0 saturated carbocycles. The van der Waals surface area contributed by atoms with Crippen LogP contribution in [0.2, 0.25) is 0 Å². The highest BCUT2D eigenvalue weighted by Crippen LogP contribution is 2.08. The largest absolute Gasteiger partial charge is 0.356 e. The van der Waals surface area contributed by atoms with Crippen LogP contribution in [0, 0.1) is 19.7 Å². The predicted octanol–water partition coefficient (Wildman–Crippen LogP) is 1.73. The van der Waals surface area contributed by atoms with Gasteiger partial charge in [-0.05, 0) is 31.0 Å². The van der Waals surface area contributed by atoms with Crippen LogP contribution < -0.4 is 10.6 Å². The van der Waals surface area contributed by atoms with E-state index in [1.165, 1.54) is 6.07 Å². The first-order valence-electron chi connectivity index (χ1n) is 7.07. The first-order valence-corrected chi connectivity index (χ1v) is 7.07. The van der Waals surface area contributed by atoms with Crippen LogP contribution in [0.3, 0.4) is 0 Å². The topological polar surface area (TPSA) is 75.3 Å². The third kappa shape index (κ3) is 4.54. The second kappa shape index (κ2) is 7.53. The fourth-order valence-electron chi connectivity index (χ4n) is 1.88. The van der Waals surface area contributed by atoms with E-state index in [1.807, 2.05) is 6.07 Å². The maximum absolute atomic E-state index is 13.5. The van der Waals surface area contributed by atoms with E-state index in [-0.39, 0.29) is 5.82 Å². The van der Waals surface area contributed by atoms with Crippen molar-refractivity contribution >= 4 is 5.96 Å². The molecule has 1 aromatic heterocycles. The highest BCUT2D eigenvalue weighted by molar-refractivity contribution is 5.79. The van der Waals surface area contributed by atoms with E-state index in [9.17, 15) is 4.39 Å². The zero-order valence-corrected chi connectivity index (χ0v) is 13.0. The minimum Gasteiger partial charge on any atom is -0.356 e. The van der Waals surface area contributed by atoms with Crippen molar-refractivity contribution in [2.75, 3.05) is 13.6 Å². The Morgan fingerprint density at radius 1 is 1.32 bits per heavy atom. The Morgan fingerprint density at radius 2 is 2.14 bits per heavy atom. The van der Waals surface area contributed by atoms with Gasteiger partial charge in [0.05, 0.1) is 0 Å². The molecule has 1 aromatic carbocycles. The predicted molar refractivity (Wildman–Crippen MR) is 82.1 cm³/mol. The van der Waals surface area contributed by atoms with Gasteiger partial charge in [-0.1, -0.05) is 17.3 Å². The molecule has 0 fully saturated rings. The smallest absolute Gasteiger partial charge is 0.228 e. The Hall–Kier alpha value is -2.44. The molecule has 0 aliphatic rings. The second-order valence-corrected chi connectivity index (χ2v) is 4.92. The van der Waals surface area contributed by atoms with Crippen molar-refractivity contribution in [3.05, 3.63) is 46.9 Å². The SMILES string of the molecule is CN=C(NCCc1nc(C)no1)NCc1ccc(C)c(F)c1. The van der Waals surface area contributed by atoms with Crippen LogP contribution in [0.1, 0.15) is 22.8 Å². The Kier molecular flexibility index (Phi) is 5.46. The minimum atomic E-state index is -0.200. The zero-order valence-electron chi connectivity index (χ0n) is 13.0. The number of hydrogen-bond donors (Lipinski definition) is 2. The normalized spacial score (nSPS) is 11.5. The van der Waals surface area contributed by atoms with Gasteiger partial charge in [0.25, 0.3) is 0 Å². The first kappa shape index (κ1) is 15.9. The molecule has 0 aliphatic heterocycles. The van der Waals surface area contributed by atoms with Gasteiger partial charge in [0, 0.05) is 26.6 Å². The summed E-state index contributed by atoms with van der Waals surface area (Å²) in [5.41, 5.74) is 1.50. The lowest BCUT2D eigenvalue weighted by Crippen LogP contribution is -2.37. The number of rotatable bonds is 5. The van der Waals surface area contributed by atoms with Crippen LogP contribution in [0.5, 0.6) is 0 Å². The molecule has 0 bridgehead atoms. The lowest BCUT2D eigenvalue weighted by Gasteiger charge is -2.11. The molecule has 1 heterocycles. The van der Waals surface area contributed by atoms with Gasteiger partial charge in [0.2, 0.25) is 5.89 Å². The highest BCUT2D eigenvalue weighted by Gasteiger charge is 2.04. The monoisotopic (exact) mass is 305 g/mol. The molecule has 0 saturated heterocycles. The minimum absolute atomic E-state index is 0.200. The number of halogens is 1. The zero-order chi connectivity index (χ0) is 15.9. The first-order chi connectivity index (χ1) is 10.6. The Morgan fingerprint density at radius 3 is 2.77 bits per heavy atom. The Labute approximate surface area is 128 Å². The van der Waals surface area contributed by atoms with Crippen LogP contribution in [-0.4, -0.2) is 29.7 Å². The third-order valence-electron chi connectivity index (χ3n) is 3.12. The highest BCUT2D eigenvalue weighted by atomic mass is 19.1. The molecule has 118 valence electrons. The van der Waals surface area contributed by atoms with E-state index in [0.717, 1.165) is 5.56 Å². The Balaban J connectivity index is 1.78. The molecule has 6 nitrogen and oxygen atoms in total. The molecule has 0 radical (unpaired) electrons. The molecule has 2 aromatic rings. The average Bonchev–Trinajstić information content (AvgIpc) is 2.91. The van der Waals surface area contributed by atoms with Crippen molar-refractivity contribution < 1.29 is 8.91 Å². The maximum atomic E-state index is 13.5. The molecule has 2 N–H and O–H groups in total. The fraction of sp³-hybridized carbons (Fsp3) is 0.400. The van der Waals surface area contributed by atoms with Gasteiger partial charge in [-0.15, -0.1) is 0 Å². The summed E-state index contributed by atoms with van der Waals surface area (Å²) in [6.45, 7) is 4.63. The summed E-state index contributed by atoms with van der Waals surface area (Å²) in [6, 6.07) is 5.18. The van der Waals surface area contributed by atoms with Crippen molar-refractivity contribution in [3.63, 3.8) is 0 Å². The number of aryl methyl sites for hydroxylation is 2. The van der Waals surface area contributed by atoms with Crippen molar-refractivity contribution in [1.29, 1.82) is 0 Å². The van der Waals surface area contributed by atoms with Crippen molar-refractivity contribution in [1.82, 2.24) is 20.8 Å².